The molecule has 0 saturated carbocycles. The molecular formula is C16H18ClFN2. The van der Waals surface area contributed by atoms with Crippen LogP contribution in [-0.2, 0) is 6.42 Å². The lowest BCUT2D eigenvalue weighted by atomic mass is 10.1. The van der Waals surface area contributed by atoms with Crippen molar-refractivity contribution in [2.24, 2.45) is 0 Å². The quantitative estimate of drug-likeness (QED) is 0.748. The second kappa shape index (κ2) is 6.62. The summed E-state index contributed by atoms with van der Waals surface area (Å²) in [5.74, 6) is -0.483. The SMILES string of the molecule is CCCCc1ccc(Nc2cc(F)c(Cl)cc2N)cc1. The minimum atomic E-state index is -0.483. The molecular weight excluding hydrogens is 275 g/mol. The normalized spacial score (nSPS) is 10.6. The number of nitrogens with two attached hydrogens (primary N) is 1. The molecule has 2 aromatic rings. The van der Waals surface area contributed by atoms with Gasteiger partial charge in [0.15, 0.2) is 0 Å². The van der Waals surface area contributed by atoms with Gasteiger partial charge in [0.1, 0.15) is 5.82 Å². The minimum Gasteiger partial charge on any atom is -0.397 e. The number of hydrogen-bond acceptors (Lipinski definition) is 2. The van der Waals surface area contributed by atoms with Crippen LogP contribution >= 0.6 is 11.6 Å². The second-order valence-electron chi connectivity index (χ2n) is 4.78. The van der Waals surface area contributed by atoms with Gasteiger partial charge in [0.25, 0.3) is 0 Å². The largest absolute Gasteiger partial charge is 0.397 e. The fourth-order valence-corrected chi connectivity index (χ4v) is 2.13. The van der Waals surface area contributed by atoms with Crippen molar-refractivity contribution in [2.45, 2.75) is 26.2 Å². The highest BCUT2D eigenvalue weighted by Crippen LogP contribution is 2.28. The lowest BCUT2D eigenvalue weighted by Crippen LogP contribution is -1.98. The van der Waals surface area contributed by atoms with E-state index >= 15 is 0 Å². The molecule has 0 aliphatic rings. The maximum Gasteiger partial charge on any atom is 0.144 e. The van der Waals surface area contributed by atoms with Crippen LogP contribution in [0.1, 0.15) is 25.3 Å². The summed E-state index contributed by atoms with van der Waals surface area (Å²) in [6.07, 6.45) is 3.44. The Bertz CT molecular complexity index is 582. The van der Waals surface area contributed by atoms with E-state index in [4.69, 9.17) is 17.3 Å². The first-order chi connectivity index (χ1) is 9.60. The van der Waals surface area contributed by atoms with Crippen LogP contribution in [0.15, 0.2) is 36.4 Å². The third-order valence-electron chi connectivity index (χ3n) is 3.14. The maximum absolute atomic E-state index is 13.4. The lowest BCUT2D eigenvalue weighted by molar-refractivity contribution is 0.629. The molecule has 0 aliphatic carbocycles. The number of nitrogen functional groups attached to an aromatic ring is 1. The van der Waals surface area contributed by atoms with Crippen molar-refractivity contribution in [1.82, 2.24) is 0 Å². The van der Waals surface area contributed by atoms with E-state index in [-0.39, 0.29) is 5.02 Å². The molecule has 2 nitrogen and oxygen atoms in total. The second-order valence-corrected chi connectivity index (χ2v) is 5.19. The molecule has 3 N–H and O–H groups in total. The van der Waals surface area contributed by atoms with Crippen molar-refractivity contribution in [3.05, 3.63) is 52.8 Å². The Hall–Kier alpha value is -1.74. The highest BCUT2D eigenvalue weighted by molar-refractivity contribution is 6.31. The molecule has 20 heavy (non-hydrogen) atoms. The molecule has 0 aromatic heterocycles. The van der Waals surface area contributed by atoms with Gasteiger partial charge in [-0.1, -0.05) is 37.1 Å². The van der Waals surface area contributed by atoms with Gasteiger partial charge in [0, 0.05) is 11.8 Å². The summed E-state index contributed by atoms with van der Waals surface area (Å²) in [7, 11) is 0. The number of unbranched alkanes of at least 4 members (excludes halogenated alkanes) is 1. The van der Waals surface area contributed by atoms with Crippen molar-refractivity contribution >= 4 is 28.7 Å². The van der Waals surface area contributed by atoms with E-state index in [2.05, 4.69) is 24.4 Å². The molecule has 2 aromatic carbocycles. The van der Waals surface area contributed by atoms with Crippen LogP contribution in [0, 0.1) is 5.82 Å². The van der Waals surface area contributed by atoms with E-state index < -0.39 is 5.82 Å². The highest BCUT2D eigenvalue weighted by atomic mass is 35.5. The Labute approximate surface area is 123 Å². The molecule has 0 saturated heterocycles. The Kier molecular flexibility index (Phi) is 4.85. The topological polar surface area (TPSA) is 38.0 Å². The maximum atomic E-state index is 13.4. The van der Waals surface area contributed by atoms with Gasteiger partial charge in [-0.2, -0.15) is 0 Å². The summed E-state index contributed by atoms with van der Waals surface area (Å²) in [4.78, 5) is 0. The van der Waals surface area contributed by atoms with E-state index in [1.54, 1.807) is 0 Å². The predicted octanol–water partition coefficient (Wildman–Crippen LogP) is 5.15. The number of nitrogens with one attached hydrogen (secondary N) is 1. The molecule has 0 heterocycles. The smallest absolute Gasteiger partial charge is 0.144 e. The number of rotatable bonds is 5. The molecule has 106 valence electrons. The van der Waals surface area contributed by atoms with Crippen molar-refractivity contribution in [3.63, 3.8) is 0 Å². The summed E-state index contributed by atoms with van der Waals surface area (Å²) in [5.41, 5.74) is 8.94. The summed E-state index contributed by atoms with van der Waals surface area (Å²) < 4.78 is 13.4. The van der Waals surface area contributed by atoms with E-state index in [1.807, 2.05) is 12.1 Å². The van der Waals surface area contributed by atoms with Crippen LogP contribution in [-0.4, -0.2) is 0 Å². The van der Waals surface area contributed by atoms with E-state index in [9.17, 15) is 4.39 Å². The molecule has 0 amide bonds. The molecule has 0 atom stereocenters. The Morgan fingerprint density at radius 2 is 1.90 bits per heavy atom. The molecule has 0 spiro atoms. The van der Waals surface area contributed by atoms with Crippen molar-refractivity contribution in [3.8, 4) is 0 Å². The summed E-state index contributed by atoms with van der Waals surface area (Å²) in [6.45, 7) is 2.17. The highest BCUT2D eigenvalue weighted by Gasteiger charge is 2.06. The molecule has 4 heteroatoms. The van der Waals surface area contributed by atoms with Crippen molar-refractivity contribution < 1.29 is 4.39 Å². The number of hydrogen-bond donors (Lipinski definition) is 2. The van der Waals surface area contributed by atoms with Gasteiger partial charge in [0.05, 0.1) is 16.4 Å². The predicted molar refractivity (Wildman–Crippen MR) is 84.2 cm³/mol. The van der Waals surface area contributed by atoms with Crippen LogP contribution in [0.25, 0.3) is 0 Å². The van der Waals surface area contributed by atoms with Gasteiger partial charge >= 0.3 is 0 Å². The molecule has 0 fully saturated rings. The Balaban J connectivity index is 2.12. The fourth-order valence-electron chi connectivity index (χ4n) is 1.96. The number of aryl methyl sites for hydroxylation is 1. The average molecular weight is 293 g/mol. The van der Waals surface area contributed by atoms with Crippen LogP contribution in [0.5, 0.6) is 0 Å². The van der Waals surface area contributed by atoms with Gasteiger partial charge in [0.2, 0.25) is 0 Å². The number of anilines is 3. The zero-order valence-corrected chi connectivity index (χ0v) is 12.2. The zero-order chi connectivity index (χ0) is 14.5. The van der Waals surface area contributed by atoms with Crippen molar-refractivity contribution in [2.75, 3.05) is 11.1 Å². The lowest BCUT2D eigenvalue weighted by Gasteiger charge is -2.11. The number of benzene rings is 2. The third kappa shape index (κ3) is 3.64. The van der Waals surface area contributed by atoms with Crippen LogP contribution in [0.3, 0.4) is 0 Å². The standard InChI is InChI=1S/C16H18ClFN2/c1-2-3-4-11-5-7-12(8-6-11)20-16-10-14(18)13(17)9-15(16)19/h5-10,20H,2-4,19H2,1H3. The fraction of sp³-hybridized carbons (Fsp3) is 0.250. The first kappa shape index (κ1) is 14.7. The monoisotopic (exact) mass is 292 g/mol. The third-order valence-corrected chi connectivity index (χ3v) is 3.43. The van der Waals surface area contributed by atoms with Crippen LogP contribution in [0.2, 0.25) is 5.02 Å². The van der Waals surface area contributed by atoms with E-state index in [0.29, 0.717) is 11.4 Å². The van der Waals surface area contributed by atoms with E-state index in [1.165, 1.54) is 30.5 Å². The molecule has 0 radical (unpaired) electrons. The van der Waals surface area contributed by atoms with Gasteiger partial charge < -0.3 is 11.1 Å². The average Bonchev–Trinajstić information content (AvgIpc) is 2.44. The van der Waals surface area contributed by atoms with Gasteiger partial charge in [-0.15, -0.1) is 0 Å². The first-order valence-corrected chi connectivity index (χ1v) is 7.08. The van der Waals surface area contributed by atoms with Crippen LogP contribution in [0.4, 0.5) is 21.5 Å². The summed E-state index contributed by atoms with van der Waals surface area (Å²) >= 11 is 5.68. The van der Waals surface area contributed by atoms with Crippen LogP contribution < -0.4 is 11.1 Å². The summed E-state index contributed by atoms with van der Waals surface area (Å²) in [5, 5.41) is 3.13. The van der Waals surface area contributed by atoms with Gasteiger partial charge in [-0.05, 0) is 36.6 Å². The van der Waals surface area contributed by atoms with Gasteiger partial charge in [-0.3, -0.25) is 0 Å². The summed E-state index contributed by atoms with van der Waals surface area (Å²) in [6, 6.07) is 10.8. The molecule has 2 rings (SSSR count). The Morgan fingerprint density at radius 1 is 1.20 bits per heavy atom. The Morgan fingerprint density at radius 3 is 2.55 bits per heavy atom. The first-order valence-electron chi connectivity index (χ1n) is 6.70. The minimum absolute atomic E-state index is 0.0305. The molecule has 0 bridgehead atoms. The van der Waals surface area contributed by atoms with Crippen molar-refractivity contribution in [1.29, 1.82) is 0 Å². The van der Waals surface area contributed by atoms with Gasteiger partial charge in [-0.25, -0.2) is 4.39 Å². The zero-order valence-electron chi connectivity index (χ0n) is 11.4. The molecule has 0 aliphatic heterocycles. The van der Waals surface area contributed by atoms with E-state index in [0.717, 1.165) is 12.1 Å². The number of halogens is 2. The molecule has 0 unspecified atom stereocenters.